The lowest BCUT2D eigenvalue weighted by Crippen LogP contribution is -2.20. The van der Waals surface area contributed by atoms with Gasteiger partial charge in [-0.15, -0.1) is 0 Å². The van der Waals surface area contributed by atoms with Crippen LogP contribution < -0.4 is 10.1 Å². The Labute approximate surface area is 113 Å². The van der Waals surface area contributed by atoms with Gasteiger partial charge in [-0.05, 0) is 25.1 Å². The maximum atomic E-state index is 11.3. The van der Waals surface area contributed by atoms with Crippen LogP contribution in [0.25, 0.3) is 0 Å². The zero-order valence-corrected chi connectivity index (χ0v) is 11.4. The number of hydrogen-bond donors (Lipinski definition) is 1. The first-order chi connectivity index (χ1) is 9.04. The number of rotatable bonds is 4. The highest BCUT2D eigenvalue weighted by atomic mass is 16.5. The number of methoxy groups -OCH3 is 1. The van der Waals surface area contributed by atoms with Gasteiger partial charge in [-0.3, -0.25) is 9.59 Å². The summed E-state index contributed by atoms with van der Waals surface area (Å²) in [7, 11) is 1.56. The molecule has 0 aliphatic rings. The average Bonchev–Trinajstić information content (AvgIpc) is 2.37. The summed E-state index contributed by atoms with van der Waals surface area (Å²) < 4.78 is 5.19. The van der Waals surface area contributed by atoms with Gasteiger partial charge in [0.05, 0.1) is 12.7 Å². The Balaban J connectivity index is 2.80. The minimum Gasteiger partial charge on any atom is -0.495 e. The van der Waals surface area contributed by atoms with E-state index in [1.54, 1.807) is 25.3 Å². The Morgan fingerprint density at radius 2 is 2.05 bits per heavy atom. The van der Waals surface area contributed by atoms with E-state index >= 15 is 0 Å². The van der Waals surface area contributed by atoms with E-state index < -0.39 is 0 Å². The summed E-state index contributed by atoms with van der Waals surface area (Å²) in [6, 6.07) is 5.16. The van der Waals surface area contributed by atoms with Crippen molar-refractivity contribution >= 4 is 11.7 Å². The average molecular weight is 259 g/mol. The Morgan fingerprint density at radius 1 is 1.32 bits per heavy atom. The Hall–Kier alpha value is -2.28. The number of hydrogen-bond acceptors (Lipinski definition) is 3. The molecule has 0 saturated heterocycles. The molecule has 19 heavy (non-hydrogen) atoms. The normalized spacial score (nSPS) is 9.21. The topological polar surface area (TPSA) is 55.4 Å². The van der Waals surface area contributed by atoms with E-state index in [0.717, 1.165) is 0 Å². The molecule has 4 heteroatoms. The highest BCUT2D eigenvalue weighted by Crippen LogP contribution is 2.19. The first kappa shape index (κ1) is 14.8. The summed E-state index contributed by atoms with van der Waals surface area (Å²) in [6.45, 7) is 3.49. The lowest BCUT2D eigenvalue weighted by Gasteiger charge is -2.04. The molecule has 1 rings (SSSR count). The highest BCUT2D eigenvalue weighted by molar-refractivity contribution is 5.94. The summed E-state index contributed by atoms with van der Waals surface area (Å²) >= 11 is 0. The van der Waals surface area contributed by atoms with Gasteiger partial charge in [0.15, 0.2) is 5.78 Å². The number of ether oxygens (including phenoxy) is 1. The van der Waals surface area contributed by atoms with Crippen molar-refractivity contribution in [2.45, 2.75) is 20.3 Å². The summed E-state index contributed by atoms with van der Waals surface area (Å²) in [6.07, 6.45) is 0.549. The number of ketones is 1. The van der Waals surface area contributed by atoms with Crippen LogP contribution in [0.4, 0.5) is 0 Å². The van der Waals surface area contributed by atoms with Crippen LogP contribution in [-0.2, 0) is 4.79 Å². The summed E-state index contributed by atoms with van der Waals surface area (Å²) in [5.74, 6) is 6.45. The monoisotopic (exact) mass is 259 g/mol. The van der Waals surface area contributed by atoms with Gasteiger partial charge in [0.2, 0.25) is 5.91 Å². The van der Waals surface area contributed by atoms with Crippen molar-refractivity contribution in [2.75, 3.05) is 13.7 Å². The van der Waals surface area contributed by atoms with Crippen LogP contribution in [0.5, 0.6) is 5.75 Å². The molecule has 0 aliphatic carbocycles. The van der Waals surface area contributed by atoms with Gasteiger partial charge in [0.1, 0.15) is 5.75 Å². The molecule has 1 N–H and O–H groups in total. The summed E-state index contributed by atoms with van der Waals surface area (Å²) in [5, 5.41) is 2.66. The summed E-state index contributed by atoms with van der Waals surface area (Å²) in [5.41, 5.74) is 1.28. The SMILES string of the molecule is COc1ccc(C(C)=O)cc1C#CCCNC(C)=O. The Morgan fingerprint density at radius 3 is 2.63 bits per heavy atom. The van der Waals surface area contributed by atoms with Crippen LogP contribution in [0.2, 0.25) is 0 Å². The van der Waals surface area contributed by atoms with Crippen LogP contribution >= 0.6 is 0 Å². The van der Waals surface area contributed by atoms with Gasteiger partial charge >= 0.3 is 0 Å². The van der Waals surface area contributed by atoms with E-state index in [4.69, 9.17) is 4.74 Å². The predicted octanol–water partition coefficient (Wildman–Crippen LogP) is 1.78. The second kappa shape index (κ2) is 7.22. The third-order valence-corrected chi connectivity index (χ3v) is 2.45. The van der Waals surface area contributed by atoms with Crippen molar-refractivity contribution in [3.63, 3.8) is 0 Å². The smallest absolute Gasteiger partial charge is 0.216 e. The van der Waals surface area contributed by atoms with Gasteiger partial charge in [-0.1, -0.05) is 11.8 Å². The van der Waals surface area contributed by atoms with Gasteiger partial charge in [0, 0.05) is 25.5 Å². The molecule has 0 radical (unpaired) electrons. The zero-order chi connectivity index (χ0) is 14.3. The second-order valence-corrected chi connectivity index (χ2v) is 4.01. The molecular weight excluding hydrogens is 242 g/mol. The number of nitrogens with one attached hydrogen (secondary N) is 1. The molecule has 0 aromatic heterocycles. The molecule has 0 saturated carbocycles. The summed E-state index contributed by atoms with van der Waals surface area (Å²) in [4.78, 5) is 22.0. The fraction of sp³-hybridized carbons (Fsp3) is 0.333. The minimum atomic E-state index is -0.0713. The fourth-order valence-electron chi connectivity index (χ4n) is 1.48. The van der Waals surface area contributed by atoms with Crippen LogP contribution in [0, 0.1) is 11.8 Å². The van der Waals surface area contributed by atoms with E-state index in [0.29, 0.717) is 29.8 Å². The molecule has 0 aliphatic heterocycles. The molecule has 1 amide bonds. The van der Waals surface area contributed by atoms with Crippen LogP contribution in [0.15, 0.2) is 18.2 Å². The van der Waals surface area contributed by atoms with Crippen molar-refractivity contribution < 1.29 is 14.3 Å². The van der Waals surface area contributed by atoms with Gasteiger partial charge < -0.3 is 10.1 Å². The number of benzene rings is 1. The number of Topliss-reactive ketones (excluding diaryl/α,β-unsaturated/α-hetero) is 1. The fourth-order valence-corrected chi connectivity index (χ4v) is 1.48. The van der Waals surface area contributed by atoms with Crippen molar-refractivity contribution in [3.05, 3.63) is 29.3 Å². The maximum Gasteiger partial charge on any atom is 0.216 e. The largest absolute Gasteiger partial charge is 0.495 e. The molecule has 0 unspecified atom stereocenters. The van der Waals surface area contributed by atoms with Gasteiger partial charge in [-0.2, -0.15) is 0 Å². The van der Waals surface area contributed by atoms with Crippen LogP contribution in [0.1, 0.15) is 36.2 Å². The van der Waals surface area contributed by atoms with Crippen molar-refractivity contribution in [3.8, 4) is 17.6 Å². The first-order valence-electron chi connectivity index (χ1n) is 5.97. The highest BCUT2D eigenvalue weighted by Gasteiger charge is 2.04. The van der Waals surface area contributed by atoms with Gasteiger partial charge in [0.25, 0.3) is 0 Å². The molecule has 0 fully saturated rings. The Kier molecular flexibility index (Phi) is 5.62. The standard InChI is InChI=1S/C15H17NO3/c1-11(17)13-7-8-15(19-3)14(10-13)6-4-5-9-16-12(2)18/h7-8,10H,5,9H2,1-3H3,(H,16,18). The quantitative estimate of drug-likeness (QED) is 0.509. The third-order valence-electron chi connectivity index (χ3n) is 2.45. The minimum absolute atomic E-state index is 0.0102. The van der Waals surface area contributed by atoms with E-state index in [1.807, 2.05) is 0 Å². The van der Waals surface area contributed by atoms with Crippen molar-refractivity contribution in [1.29, 1.82) is 0 Å². The van der Waals surface area contributed by atoms with E-state index in [1.165, 1.54) is 13.8 Å². The third kappa shape index (κ3) is 4.84. The van der Waals surface area contributed by atoms with Crippen LogP contribution in [-0.4, -0.2) is 25.3 Å². The van der Waals surface area contributed by atoms with Crippen molar-refractivity contribution in [2.24, 2.45) is 0 Å². The van der Waals surface area contributed by atoms with E-state index in [2.05, 4.69) is 17.2 Å². The Bertz CT molecular complexity index is 538. The van der Waals surface area contributed by atoms with Crippen LogP contribution in [0.3, 0.4) is 0 Å². The number of carbonyl (C=O) groups excluding carboxylic acids is 2. The maximum absolute atomic E-state index is 11.3. The molecule has 1 aromatic rings. The first-order valence-corrected chi connectivity index (χ1v) is 5.97. The molecular formula is C15H17NO3. The lowest BCUT2D eigenvalue weighted by atomic mass is 10.1. The number of carbonyl (C=O) groups is 2. The molecule has 0 heterocycles. The molecule has 4 nitrogen and oxygen atoms in total. The van der Waals surface area contributed by atoms with Gasteiger partial charge in [-0.25, -0.2) is 0 Å². The second-order valence-electron chi connectivity index (χ2n) is 4.01. The predicted molar refractivity (Wildman–Crippen MR) is 73.2 cm³/mol. The molecule has 0 bridgehead atoms. The number of amides is 1. The lowest BCUT2D eigenvalue weighted by molar-refractivity contribution is -0.118. The van der Waals surface area contributed by atoms with Crippen molar-refractivity contribution in [1.82, 2.24) is 5.32 Å². The van der Waals surface area contributed by atoms with E-state index in [9.17, 15) is 9.59 Å². The molecule has 100 valence electrons. The molecule has 0 spiro atoms. The molecule has 1 aromatic carbocycles. The molecule has 0 atom stereocenters. The zero-order valence-electron chi connectivity index (χ0n) is 11.4. The van der Waals surface area contributed by atoms with E-state index in [-0.39, 0.29) is 11.7 Å².